The summed E-state index contributed by atoms with van der Waals surface area (Å²) in [5, 5.41) is 14.1. The van der Waals surface area contributed by atoms with Gasteiger partial charge in [-0.1, -0.05) is 13.3 Å². The van der Waals surface area contributed by atoms with Crippen LogP contribution in [0.25, 0.3) is 0 Å². The highest BCUT2D eigenvalue weighted by atomic mass is 19.1. The van der Waals surface area contributed by atoms with Crippen molar-refractivity contribution in [3.05, 3.63) is 29.6 Å². The Balaban J connectivity index is 1.97. The number of hydrogen-bond acceptors (Lipinski definition) is 2. The van der Waals surface area contributed by atoms with Gasteiger partial charge in [-0.3, -0.25) is 0 Å². The molecule has 2 atom stereocenters. The number of carbonyl (C=O) groups excluding carboxylic acids is 1. The van der Waals surface area contributed by atoms with Crippen LogP contribution in [-0.2, 0) is 0 Å². The second-order valence-electron chi connectivity index (χ2n) is 4.98. The van der Waals surface area contributed by atoms with Gasteiger partial charge in [-0.25, -0.2) is 14.0 Å². The summed E-state index contributed by atoms with van der Waals surface area (Å²) in [5.74, 6) is -1.31. The third kappa shape index (κ3) is 3.46. The molecule has 0 bridgehead atoms. The summed E-state index contributed by atoms with van der Waals surface area (Å²) in [6.45, 7) is 2.08. The van der Waals surface area contributed by atoms with Gasteiger partial charge in [0.05, 0.1) is 11.3 Å². The van der Waals surface area contributed by atoms with E-state index in [1.807, 2.05) is 0 Å². The number of benzene rings is 1. The van der Waals surface area contributed by atoms with E-state index in [0.717, 1.165) is 37.5 Å². The lowest BCUT2D eigenvalue weighted by Gasteiger charge is -2.10. The van der Waals surface area contributed by atoms with Crippen LogP contribution in [0.15, 0.2) is 18.2 Å². The van der Waals surface area contributed by atoms with Crippen molar-refractivity contribution in [3.63, 3.8) is 0 Å². The Labute approximate surface area is 116 Å². The van der Waals surface area contributed by atoms with Crippen LogP contribution >= 0.6 is 0 Å². The molecule has 0 aliphatic heterocycles. The Morgan fingerprint density at radius 3 is 2.85 bits per heavy atom. The van der Waals surface area contributed by atoms with Crippen LogP contribution < -0.4 is 10.6 Å². The molecule has 0 spiro atoms. The number of carboxylic acids is 1. The zero-order valence-corrected chi connectivity index (χ0v) is 11.1. The Hall–Kier alpha value is -2.11. The molecule has 1 aromatic rings. The summed E-state index contributed by atoms with van der Waals surface area (Å²) in [4.78, 5) is 22.8. The lowest BCUT2D eigenvalue weighted by atomic mass is 10.2. The molecular weight excluding hydrogens is 263 g/mol. The monoisotopic (exact) mass is 280 g/mol. The Bertz CT molecular complexity index is 533. The Morgan fingerprint density at radius 1 is 1.45 bits per heavy atom. The normalized spacial score (nSPS) is 20.3. The molecule has 0 heterocycles. The smallest absolute Gasteiger partial charge is 0.337 e. The maximum atomic E-state index is 13.1. The van der Waals surface area contributed by atoms with Crippen molar-refractivity contribution in [2.45, 2.75) is 32.2 Å². The average molecular weight is 280 g/mol. The zero-order chi connectivity index (χ0) is 14.7. The van der Waals surface area contributed by atoms with Crippen LogP contribution in [0.2, 0.25) is 0 Å². The van der Waals surface area contributed by atoms with E-state index in [1.165, 1.54) is 0 Å². The quantitative estimate of drug-likeness (QED) is 0.776. The lowest BCUT2D eigenvalue weighted by molar-refractivity contribution is 0.0698. The maximum Gasteiger partial charge on any atom is 0.337 e. The number of aromatic carboxylic acids is 1. The van der Waals surface area contributed by atoms with Gasteiger partial charge in [0, 0.05) is 6.04 Å². The van der Waals surface area contributed by atoms with Crippen molar-refractivity contribution in [3.8, 4) is 0 Å². The van der Waals surface area contributed by atoms with Gasteiger partial charge >= 0.3 is 12.0 Å². The summed E-state index contributed by atoms with van der Waals surface area (Å²) in [5.41, 5.74) is -0.176. The van der Waals surface area contributed by atoms with E-state index in [2.05, 4.69) is 17.6 Å². The number of carboxylic acid groups (broad SMARTS) is 1. The minimum absolute atomic E-state index is 0.0392. The van der Waals surface area contributed by atoms with E-state index in [-0.39, 0.29) is 17.3 Å². The van der Waals surface area contributed by atoms with E-state index in [1.54, 1.807) is 0 Å². The van der Waals surface area contributed by atoms with E-state index < -0.39 is 17.8 Å². The van der Waals surface area contributed by atoms with Crippen molar-refractivity contribution < 1.29 is 19.1 Å². The molecule has 0 saturated heterocycles. The van der Waals surface area contributed by atoms with E-state index in [0.29, 0.717) is 5.92 Å². The summed E-state index contributed by atoms with van der Waals surface area (Å²) in [6.07, 6.45) is 3.07. The third-order valence-electron chi connectivity index (χ3n) is 3.36. The van der Waals surface area contributed by atoms with Gasteiger partial charge in [-0.15, -0.1) is 0 Å². The molecule has 3 N–H and O–H groups in total. The van der Waals surface area contributed by atoms with Gasteiger partial charge in [-0.05, 0) is 37.0 Å². The number of halogens is 1. The molecule has 20 heavy (non-hydrogen) atoms. The van der Waals surface area contributed by atoms with E-state index >= 15 is 0 Å². The molecule has 1 aliphatic carbocycles. The highest BCUT2D eigenvalue weighted by molar-refractivity contribution is 6.00. The Kier molecular flexibility index (Phi) is 4.22. The summed E-state index contributed by atoms with van der Waals surface area (Å²) >= 11 is 0. The predicted molar refractivity (Wildman–Crippen MR) is 72.3 cm³/mol. The molecule has 108 valence electrons. The van der Waals surface area contributed by atoms with Gasteiger partial charge < -0.3 is 15.7 Å². The molecule has 1 saturated carbocycles. The van der Waals surface area contributed by atoms with Crippen LogP contribution in [0.5, 0.6) is 0 Å². The Morgan fingerprint density at radius 2 is 2.20 bits per heavy atom. The summed E-state index contributed by atoms with van der Waals surface area (Å²) in [6, 6.07) is 2.81. The predicted octanol–water partition coefficient (Wildman–Crippen LogP) is 2.83. The lowest BCUT2D eigenvalue weighted by Crippen LogP contribution is -2.32. The minimum Gasteiger partial charge on any atom is -0.478 e. The number of carbonyl (C=O) groups is 2. The fourth-order valence-electron chi connectivity index (χ4n) is 2.25. The zero-order valence-electron chi connectivity index (χ0n) is 11.1. The van der Waals surface area contributed by atoms with E-state index in [4.69, 9.17) is 5.11 Å². The van der Waals surface area contributed by atoms with Crippen LogP contribution in [0.1, 0.15) is 36.5 Å². The molecular formula is C14H17FN2O3. The van der Waals surface area contributed by atoms with Crippen molar-refractivity contribution >= 4 is 17.7 Å². The first-order valence-electron chi connectivity index (χ1n) is 6.61. The van der Waals surface area contributed by atoms with Crippen LogP contribution in [-0.4, -0.2) is 23.1 Å². The summed E-state index contributed by atoms with van der Waals surface area (Å²) in [7, 11) is 0. The van der Waals surface area contributed by atoms with Crippen molar-refractivity contribution in [1.82, 2.24) is 5.32 Å². The van der Waals surface area contributed by atoms with Crippen LogP contribution in [0.3, 0.4) is 0 Å². The molecule has 2 amide bonds. The molecule has 1 aromatic carbocycles. The molecule has 6 heteroatoms. The average Bonchev–Trinajstić information content (AvgIpc) is 3.07. The topological polar surface area (TPSA) is 78.4 Å². The number of rotatable bonds is 5. The number of hydrogen-bond donors (Lipinski definition) is 3. The second-order valence-corrected chi connectivity index (χ2v) is 4.98. The number of anilines is 1. The van der Waals surface area contributed by atoms with Gasteiger partial charge in [0.1, 0.15) is 5.82 Å². The molecule has 0 aromatic heterocycles. The van der Waals surface area contributed by atoms with Gasteiger partial charge in [-0.2, -0.15) is 0 Å². The number of urea groups is 1. The fourth-order valence-corrected chi connectivity index (χ4v) is 2.25. The van der Waals surface area contributed by atoms with Crippen LogP contribution in [0.4, 0.5) is 14.9 Å². The standard InChI is InChI=1S/C14H17FN2O3/c1-2-3-8-6-11(8)16-14(20)17-12-7-9(15)4-5-10(12)13(18)19/h4-5,7-8,11H,2-3,6H2,1H3,(H,18,19)(H2,16,17,20). The summed E-state index contributed by atoms with van der Waals surface area (Å²) < 4.78 is 13.1. The first kappa shape index (κ1) is 14.3. The molecule has 1 fully saturated rings. The minimum atomic E-state index is -1.21. The molecule has 5 nitrogen and oxygen atoms in total. The number of amides is 2. The third-order valence-corrected chi connectivity index (χ3v) is 3.36. The number of nitrogens with one attached hydrogen (secondary N) is 2. The largest absolute Gasteiger partial charge is 0.478 e. The first-order valence-corrected chi connectivity index (χ1v) is 6.61. The highest BCUT2D eigenvalue weighted by Crippen LogP contribution is 2.34. The highest BCUT2D eigenvalue weighted by Gasteiger charge is 2.37. The first-order chi connectivity index (χ1) is 9.51. The van der Waals surface area contributed by atoms with Gasteiger partial charge in [0.25, 0.3) is 0 Å². The SMILES string of the molecule is CCCC1CC1NC(=O)Nc1cc(F)ccc1C(=O)O. The molecule has 0 radical (unpaired) electrons. The van der Waals surface area contributed by atoms with Crippen molar-refractivity contribution in [1.29, 1.82) is 0 Å². The van der Waals surface area contributed by atoms with Crippen LogP contribution in [0, 0.1) is 11.7 Å². The van der Waals surface area contributed by atoms with Gasteiger partial charge in [0.2, 0.25) is 0 Å². The maximum absolute atomic E-state index is 13.1. The van der Waals surface area contributed by atoms with Crippen molar-refractivity contribution in [2.24, 2.45) is 5.92 Å². The van der Waals surface area contributed by atoms with Gasteiger partial charge in [0.15, 0.2) is 0 Å². The second kappa shape index (κ2) is 5.90. The molecule has 2 unspecified atom stereocenters. The van der Waals surface area contributed by atoms with Crippen molar-refractivity contribution in [2.75, 3.05) is 5.32 Å². The van der Waals surface area contributed by atoms with E-state index in [9.17, 15) is 14.0 Å². The molecule has 2 rings (SSSR count). The fraction of sp³-hybridized carbons (Fsp3) is 0.429. The molecule has 1 aliphatic rings.